The van der Waals surface area contributed by atoms with Crippen LogP contribution in [0.15, 0.2) is 48.7 Å². The van der Waals surface area contributed by atoms with Crippen LogP contribution in [-0.4, -0.2) is 22.3 Å². The Labute approximate surface area is 166 Å². The summed E-state index contributed by atoms with van der Waals surface area (Å²) < 4.78 is 5.16. The maximum atomic E-state index is 5.16. The predicted octanol–water partition coefficient (Wildman–Crippen LogP) is 5.35. The normalized spacial score (nSPS) is 13.5. The van der Waals surface area contributed by atoms with Crippen LogP contribution < -0.4 is 4.74 Å². The van der Waals surface area contributed by atoms with Crippen LogP contribution in [0.5, 0.6) is 5.88 Å². The zero-order valence-corrected chi connectivity index (χ0v) is 16.1. The van der Waals surface area contributed by atoms with E-state index in [0.717, 1.165) is 29.8 Å². The molecule has 0 atom stereocenters. The summed E-state index contributed by atoms with van der Waals surface area (Å²) in [5.74, 6) is 0.637. The predicted molar refractivity (Wildman–Crippen MR) is 113 cm³/mol. The smallest absolute Gasteiger partial charge is 0.212 e. The first-order valence-electron chi connectivity index (χ1n) is 9.31. The molecule has 0 aliphatic heterocycles. The van der Waals surface area contributed by atoms with Crippen LogP contribution in [-0.2, 0) is 12.8 Å². The number of H-pyrrole nitrogens is 1. The molecule has 4 nitrogen and oxygen atoms in total. The van der Waals surface area contributed by atoms with Gasteiger partial charge in [0.1, 0.15) is 0 Å². The van der Waals surface area contributed by atoms with Gasteiger partial charge < -0.3 is 4.74 Å². The highest BCUT2D eigenvalue weighted by atomic mass is 32.1. The van der Waals surface area contributed by atoms with E-state index in [1.165, 1.54) is 37.6 Å². The Kier molecular flexibility index (Phi) is 3.34. The number of aromatic amines is 1. The van der Waals surface area contributed by atoms with Gasteiger partial charge in [-0.3, -0.25) is 5.10 Å². The number of methoxy groups -OCH3 is 1. The number of benzene rings is 1. The third-order valence-electron chi connectivity index (χ3n) is 5.56. The number of hydrogen-bond acceptors (Lipinski definition) is 4. The van der Waals surface area contributed by atoms with Crippen molar-refractivity contribution >= 4 is 17.4 Å². The minimum Gasteiger partial charge on any atom is -0.481 e. The van der Waals surface area contributed by atoms with Crippen LogP contribution >= 0.6 is 11.3 Å². The molecule has 1 aromatic carbocycles. The van der Waals surface area contributed by atoms with E-state index in [1.807, 2.05) is 23.6 Å². The van der Waals surface area contributed by atoms with Crippen molar-refractivity contribution in [1.29, 1.82) is 0 Å². The van der Waals surface area contributed by atoms with Gasteiger partial charge in [-0.15, -0.1) is 11.3 Å². The average molecular weight is 383 g/mol. The van der Waals surface area contributed by atoms with Crippen molar-refractivity contribution in [2.45, 2.75) is 12.8 Å². The number of allylic oxidation sites excluding steroid dienone is 1. The number of nitrogens with one attached hydrogen (secondary N) is 1. The van der Waals surface area contributed by atoms with Crippen molar-refractivity contribution in [3.63, 3.8) is 0 Å². The van der Waals surface area contributed by atoms with E-state index >= 15 is 0 Å². The van der Waals surface area contributed by atoms with Gasteiger partial charge in [0.2, 0.25) is 5.88 Å². The third-order valence-corrected chi connectivity index (χ3v) is 6.75. The lowest BCUT2D eigenvalue weighted by Crippen LogP contribution is -1.88. The molecule has 0 spiro atoms. The Morgan fingerprint density at radius 3 is 2.89 bits per heavy atom. The molecular formula is C23H17N3OS. The number of rotatable bonds is 3. The lowest BCUT2D eigenvalue weighted by molar-refractivity contribution is 0.398. The number of fused-ring (bicyclic) bond motifs is 4. The van der Waals surface area contributed by atoms with Crippen molar-refractivity contribution in [3.05, 3.63) is 70.2 Å². The van der Waals surface area contributed by atoms with E-state index in [4.69, 9.17) is 4.74 Å². The molecule has 3 heterocycles. The minimum atomic E-state index is 0.637. The quantitative estimate of drug-likeness (QED) is 0.457. The molecular weight excluding hydrogens is 366 g/mol. The summed E-state index contributed by atoms with van der Waals surface area (Å²) in [6, 6.07) is 12.9. The Bertz CT molecular complexity index is 1250. The van der Waals surface area contributed by atoms with Gasteiger partial charge in [-0.2, -0.15) is 5.10 Å². The molecule has 5 heteroatoms. The topological polar surface area (TPSA) is 50.8 Å². The Morgan fingerprint density at radius 2 is 2.04 bits per heavy atom. The summed E-state index contributed by atoms with van der Waals surface area (Å²) in [6.07, 6.45) is 8.23. The lowest BCUT2D eigenvalue weighted by Gasteiger charge is -2.04. The first-order valence-corrected chi connectivity index (χ1v) is 10.1. The Hall–Kier alpha value is -3.18. The van der Waals surface area contributed by atoms with E-state index in [9.17, 15) is 0 Å². The molecule has 0 radical (unpaired) electrons. The number of hydrogen-bond donors (Lipinski definition) is 1. The zero-order valence-electron chi connectivity index (χ0n) is 15.3. The molecule has 6 rings (SSSR count). The maximum Gasteiger partial charge on any atom is 0.212 e. The molecule has 2 aliphatic carbocycles. The fraction of sp³-hybridized carbons (Fsp3) is 0.130. The molecule has 0 saturated carbocycles. The summed E-state index contributed by atoms with van der Waals surface area (Å²) in [4.78, 5) is 6.95. The SMILES string of the molecule is COc1ccc(-c2cc3c(s2)Cc2c(-c4ccc5c(c4)CC=C5)n[nH]c2-3)cn1. The second-order valence-corrected chi connectivity index (χ2v) is 8.30. The van der Waals surface area contributed by atoms with Gasteiger partial charge in [-0.1, -0.05) is 24.3 Å². The number of pyridine rings is 1. The molecule has 0 fully saturated rings. The van der Waals surface area contributed by atoms with Gasteiger partial charge >= 0.3 is 0 Å². The number of ether oxygens (including phenoxy) is 1. The van der Waals surface area contributed by atoms with Crippen LogP contribution in [0.3, 0.4) is 0 Å². The second-order valence-electron chi connectivity index (χ2n) is 7.16. The van der Waals surface area contributed by atoms with E-state index < -0.39 is 0 Å². The fourth-order valence-electron chi connectivity index (χ4n) is 4.13. The molecule has 0 saturated heterocycles. The summed E-state index contributed by atoms with van der Waals surface area (Å²) in [6.45, 7) is 0. The van der Waals surface area contributed by atoms with Crippen molar-refractivity contribution < 1.29 is 4.74 Å². The monoisotopic (exact) mass is 383 g/mol. The van der Waals surface area contributed by atoms with Gasteiger partial charge in [0.05, 0.1) is 18.5 Å². The highest BCUT2D eigenvalue weighted by Gasteiger charge is 2.28. The van der Waals surface area contributed by atoms with E-state index in [-0.39, 0.29) is 0 Å². The van der Waals surface area contributed by atoms with Crippen LogP contribution in [0.25, 0.3) is 39.0 Å². The van der Waals surface area contributed by atoms with Gasteiger partial charge in [0, 0.05) is 50.7 Å². The largest absolute Gasteiger partial charge is 0.481 e. The Morgan fingerprint density at radius 1 is 1.11 bits per heavy atom. The number of thiophene rings is 1. The fourth-order valence-corrected chi connectivity index (χ4v) is 5.29. The Balaban J connectivity index is 1.37. The molecule has 2 aliphatic rings. The molecule has 0 amide bonds. The highest BCUT2D eigenvalue weighted by molar-refractivity contribution is 7.16. The van der Waals surface area contributed by atoms with Crippen molar-refractivity contribution in [2.75, 3.05) is 7.11 Å². The van der Waals surface area contributed by atoms with E-state index in [2.05, 4.69) is 57.7 Å². The summed E-state index contributed by atoms with van der Waals surface area (Å²) in [7, 11) is 1.64. The standard InChI is InChI=1S/C23H17N3OS/c1-27-21-8-7-16(12-24-21)19-10-17-20(28-19)11-18-22(25-26-23(17)18)15-6-5-13-3-2-4-14(13)9-15/h2-3,5-10,12H,4,11H2,1H3,(H,25,26). The summed E-state index contributed by atoms with van der Waals surface area (Å²) in [5, 5.41) is 7.96. The molecule has 1 N–H and O–H groups in total. The molecule has 0 unspecified atom stereocenters. The van der Waals surface area contributed by atoms with Crippen LogP contribution in [0, 0.1) is 0 Å². The van der Waals surface area contributed by atoms with E-state index in [0.29, 0.717) is 5.88 Å². The average Bonchev–Trinajstić information content (AvgIpc) is 3.48. The molecule has 4 aromatic rings. The maximum absolute atomic E-state index is 5.16. The zero-order chi connectivity index (χ0) is 18.7. The van der Waals surface area contributed by atoms with E-state index in [1.54, 1.807) is 7.11 Å². The number of nitrogens with zero attached hydrogens (tertiary/aromatic N) is 2. The molecule has 3 aromatic heterocycles. The van der Waals surface area contributed by atoms with Crippen LogP contribution in [0.2, 0.25) is 0 Å². The molecule has 136 valence electrons. The first-order chi connectivity index (χ1) is 13.8. The number of aromatic nitrogens is 3. The van der Waals surface area contributed by atoms with Crippen molar-refractivity contribution in [3.8, 4) is 38.8 Å². The summed E-state index contributed by atoms with van der Waals surface area (Å²) in [5.41, 5.74) is 9.86. The second kappa shape index (κ2) is 5.91. The van der Waals surface area contributed by atoms with Gasteiger partial charge in [-0.25, -0.2) is 4.98 Å². The summed E-state index contributed by atoms with van der Waals surface area (Å²) >= 11 is 1.84. The van der Waals surface area contributed by atoms with Gasteiger partial charge in [-0.05, 0) is 35.7 Å². The lowest BCUT2D eigenvalue weighted by atomic mass is 10.0. The first kappa shape index (κ1) is 15.8. The highest BCUT2D eigenvalue weighted by Crippen LogP contribution is 2.46. The third kappa shape index (κ3) is 2.29. The van der Waals surface area contributed by atoms with Crippen LogP contribution in [0.4, 0.5) is 0 Å². The minimum absolute atomic E-state index is 0.637. The molecule has 0 bridgehead atoms. The van der Waals surface area contributed by atoms with Crippen molar-refractivity contribution in [1.82, 2.24) is 15.2 Å². The van der Waals surface area contributed by atoms with Crippen LogP contribution in [0.1, 0.15) is 21.6 Å². The van der Waals surface area contributed by atoms with Gasteiger partial charge in [0.25, 0.3) is 0 Å². The van der Waals surface area contributed by atoms with Crippen molar-refractivity contribution in [2.24, 2.45) is 0 Å². The molecule has 28 heavy (non-hydrogen) atoms. The van der Waals surface area contributed by atoms with Gasteiger partial charge in [0.15, 0.2) is 0 Å².